The first-order valence-corrected chi connectivity index (χ1v) is 10.2. The van der Waals surface area contributed by atoms with Crippen LogP contribution < -0.4 is 5.32 Å². The minimum Gasteiger partial charge on any atom is -0.508 e. The first-order valence-electron chi connectivity index (χ1n) is 9.44. The number of amides is 1. The van der Waals surface area contributed by atoms with E-state index in [9.17, 15) is 24.8 Å². The average Bonchev–Trinajstić information content (AvgIpc) is 3.13. The van der Waals surface area contributed by atoms with Crippen molar-refractivity contribution in [2.24, 2.45) is 0 Å². The van der Waals surface area contributed by atoms with Gasteiger partial charge in [-0.25, -0.2) is 0 Å². The van der Waals surface area contributed by atoms with Gasteiger partial charge in [0.15, 0.2) is 0 Å². The number of nitro benzene ring substituents is 1. The van der Waals surface area contributed by atoms with Gasteiger partial charge in [-0.3, -0.25) is 24.7 Å². The number of nitrogens with one attached hydrogen (secondary N) is 1. The molecule has 10 nitrogen and oxygen atoms in total. The van der Waals surface area contributed by atoms with Gasteiger partial charge in [0.05, 0.1) is 26.2 Å². The van der Waals surface area contributed by atoms with E-state index in [0.29, 0.717) is 16.5 Å². The third-order valence-corrected chi connectivity index (χ3v) is 5.45. The minimum atomic E-state index is -0.984. The lowest BCUT2D eigenvalue weighted by molar-refractivity contribution is -0.384. The molecule has 0 radical (unpaired) electrons. The number of nitrogens with zero attached hydrogens (tertiary/aromatic N) is 3. The Balaban J connectivity index is 0.00000324. The van der Waals surface area contributed by atoms with Crippen LogP contribution in [0, 0.1) is 10.1 Å². The van der Waals surface area contributed by atoms with E-state index < -0.39 is 16.6 Å². The van der Waals surface area contributed by atoms with Crippen molar-refractivity contribution in [1.82, 2.24) is 9.55 Å². The Morgan fingerprint density at radius 1 is 1.12 bits per heavy atom. The van der Waals surface area contributed by atoms with Gasteiger partial charge in [-0.2, -0.15) is 0 Å². The summed E-state index contributed by atoms with van der Waals surface area (Å²) in [5.74, 6) is -1.96. The second-order valence-electron chi connectivity index (χ2n) is 7.06. The molecule has 2 aromatic heterocycles. The Kier molecular flexibility index (Phi) is 7.16. The summed E-state index contributed by atoms with van der Waals surface area (Å²) >= 11 is 12.0. The molecule has 0 aliphatic heterocycles. The molecule has 0 atom stereocenters. The topological polar surface area (TPSA) is 159 Å². The number of hydrogen-bond acceptors (Lipinski definition) is 6. The SMILES string of the molecule is O.O=C(Nc1c(Cl)cncc1Cl)C(=O)c1cn(Cc2cccc([N+](=O)[O-])c2)c2ccc(O)cc12. The van der Waals surface area contributed by atoms with Crippen molar-refractivity contribution >= 4 is 57.2 Å². The fourth-order valence-electron chi connectivity index (χ4n) is 3.39. The number of carbonyl (C=O) groups excluding carboxylic acids is 2. The molecule has 2 aromatic carbocycles. The van der Waals surface area contributed by atoms with Crippen LogP contribution >= 0.6 is 23.2 Å². The van der Waals surface area contributed by atoms with Crippen molar-refractivity contribution in [2.45, 2.75) is 6.54 Å². The zero-order valence-electron chi connectivity index (χ0n) is 17.2. The molecule has 0 unspecified atom stereocenters. The quantitative estimate of drug-likeness (QED) is 0.175. The molecule has 0 aliphatic carbocycles. The molecular formula is C22H16Cl2N4O6. The number of halogens is 2. The molecule has 12 heteroatoms. The number of hydrogen-bond donors (Lipinski definition) is 2. The first-order chi connectivity index (χ1) is 15.7. The number of fused-ring (bicyclic) bond motifs is 1. The normalized spacial score (nSPS) is 10.5. The van der Waals surface area contributed by atoms with Crippen molar-refractivity contribution in [3.63, 3.8) is 0 Å². The number of benzene rings is 2. The summed E-state index contributed by atoms with van der Waals surface area (Å²) in [5, 5.41) is 23.9. The number of Topliss-reactive ketones (excluding diaryl/α,β-unsaturated/α-hetero) is 1. The summed E-state index contributed by atoms with van der Waals surface area (Å²) in [6.07, 6.45) is 4.01. The van der Waals surface area contributed by atoms with Gasteiger partial charge in [0, 0.05) is 48.2 Å². The van der Waals surface area contributed by atoms with Crippen molar-refractivity contribution in [3.05, 3.63) is 92.3 Å². The van der Waals surface area contributed by atoms with Crippen LogP contribution in [0.5, 0.6) is 5.75 Å². The van der Waals surface area contributed by atoms with Crippen LogP contribution in [0.25, 0.3) is 10.9 Å². The molecule has 0 saturated heterocycles. The number of carbonyl (C=O) groups is 2. The summed E-state index contributed by atoms with van der Waals surface area (Å²) < 4.78 is 1.67. The Morgan fingerprint density at radius 3 is 2.50 bits per heavy atom. The van der Waals surface area contributed by atoms with E-state index in [2.05, 4.69) is 10.3 Å². The van der Waals surface area contributed by atoms with Crippen LogP contribution in [0.15, 0.2) is 61.1 Å². The Hall–Kier alpha value is -3.99. The highest BCUT2D eigenvalue weighted by atomic mass is 35.5. The van der Waals surface area contributed by atoms with E-state index in [0.717, 1.165) is 0 Å². The van der Waals surface area contributed by atoms with Crippen LogP contribution in [0.4, 0.5) is 11.4 Å². The zero-order valence-corrected chi connectivity index (χ0v) is 18.7. The maximum Gasteiger partial charge on any atom is 0.296 e. The molecule has 4 aromatic rings. The maximum atomic E-state index is 13.0. The zero-order chi connectivity index (χ0) is 23.7. The molecule has 0 bridgehead atoms. The van der Waals surface area contributed by atoms with Gasteiger partial charge in [-0.1, -0.05) is 35.3 Å². The molecule has 0 saturated carbocycles. The van der Waals surface area contributed by atoms with Crippen LogP contribution in [-0.4, -0.2) is 36.7 Å². The highest BCUT2D eigenvalue weighted by molar-refractivity contribution is 6.50. The van der Waals surface area contributed by atoms with E-state index in [1.165, 1.54) is 42.9 Å². The summed E-state index contributed by atoms with van der Waals surface area (Å²) in [7, 11) is 0. The van der Waals surface area contributed by atoms with Gasteiger partial charge in [0.1, 0.15) is 5.75 Å². The standard InChI is InChI=1S/C22H14Cl2N4O5.H2O/c23-17-8-25-9-18(24)20(17)26-22(31)21(30)16-11-27(19-5-4-14(29)7-15(16)19)10-12-2-1-3-13(6-12)28(32)33;/h1-9,11,29H,10H2,(H,25,26,31);1H2. The van der Waals surface area contributed by atoms with Gasteiger partial charge in [-0.05, 0) is 23.8 Å². The maximum absolute atomic E-state index is 13.0. The lowest BCUT2D eigenvalue weighted by atomic mass is 10.1. The van der Waals surface area contributed by atoms with E-state index in [1.54, 1.807) is 22.8 Å². The third kappa shape index (κ3) is 4.84. The average molecular weight is 503 g/mol. The molecule has 0 fully saturated rings. The van der Waals surface area contributed by atoms with Gasteiger partial charge in [-0.15, -0.1) is 0 Å². The number of ketones is 1. The van der Waals surface area contributed by atoms with Crippen LogP contribution in [0.2, 0.25) is 10.0 Å². The van der Waals surface area contributed by atoms with Crippen LogP contribution in [-0.2, 0) is 11.3 Å². The van der Waals surface area contributed by atoms with Crippen molar-refractivity contribution < 1.29 is 25.1 Å². The second kappa shape index (κ2) is 9.87. The van der Waals surface area contributed by atoms with E-state index >= 15 is 0 Å². The number of aromatic nitrogens is 2. The minimum absolute atomic E-state index is 0. The monoisotopic (exact) mass is 502 g/mol. The second-order valence-corrected chi connectivity index (χ2v) is 7.87. The molecule has 174 valence electrons. The summed E-state index contributed by atoms with van der Waals surface area (Å²) in [6.45, 7) is 0.194. The first kappa shape index (κ1) is 24.6. The Morgan fingerprint density at radius 2 is 1.82 bits per heavy atom. The number of non-ortho nitro benzene ring substituents is 1. The van der Waals surface area contributed by atoms with Crippen molar-refractivity contribution in [1.29, 1.82) is 0 Å². The highest BCUT2D eigenvalue weighted by Crippen LogP contribution is 2.30. The molecule has 2 heterocycles. The molecule has 34 heavy (non-hydrogen) atoms. The third-order valence-electron chi connectivity index (χ3n) is 4.88. The van der Waals surface area contributed by atoms with E-state index in [1.807, 2.05) is 0 Å². The van der Waals surface area contributed by atoms with Crippen LogP contribution in [0.1, 0.15) is 15.9 Å². The summed E-state index contributed by atoms with van der Waals surface area (Å²) in [5.41, 5.74) is 1.19. The fraction of sp³-hybridized carbons (Fsp3) is 0.0455. The van der Waals surface area contributed by atoms with Gasteiger partial charge >= 0.3 is 0 Å². The molecule has 4 N–H and O–H groups in total. The molecule has 0 spiro atoms. The fourth-order valence-corrected chi connectivity index (χ4v) is 3.84. The highest BCUT2D eigenvalue weighted by Gasteiger charge is 2.24. The van der Waals surface area contributed by atoms with Crippen molar-refractivity contribution in [3.8, 4) is 5.75 Å². The number of pyridine rings is 1. The predicted octanol–water partition coefficient (Wildman–Crippen LogP) is 4.00. The van der Waals surface area contributed by atoms with E-state index in [-0.39, 0.29) is 44.8 Å². The molecule has 0 aliphatic rings. The number of phenols is 1. The summed E-state index contributed by atoms with van der Waals surface area (Å²) in [4.78, 5) is 40.1. The largest absolute Gasteiger partial charge is 0.508 e. The smallest absolute Gasteiger partial charge is 0.296 e. The van der Waals surface area contributed by atoms with Crippen LogP contribution in [0.3, 0.4) is 0 Å². The lowest BCUT2D eigenvalue weighted by Gasteiger charge is -2.07. The predicted molar refractivity (Wildman–Crippen MR) is 127 cm³/mol. The molecule has 1 amide bonds. The number of nitro groups is 1. The number of phenolic OH excluding ortho intramolecular Hbond substituents is 1. The Bertz CT molecular complexity index is 1420. The van der Waals surface area contributed by atoms with E-state index in [4.69, 9.17) is 23.2 Å². The summed E-state index contributed by atoms with van der Waals surface area (Å²) in [6, 6.07) is 10.5. The van der Waals surface area contributed by atoms with Gasteiger partial charge < -0.3 is 20.5 Å². The number of anilines is 1. The molecular weight excluding hydrogens is 487 g/mol. The lowest BCUT2D eigenvalue weighted by Crippen LogP contribution is -2.23. The van der Waals surface area contributed by atoms with Crippen molar-refractivity contribution in [2.75, 3.05) is 5.32 Å². The number of aromatic hydroxyl groups is 1. The molecule has 4 rings (SSSR count). The van der Waals surface area contributed by atoms with Gasteiger partial charge in [0.2, 0.25) is 0 Å². The van der Waals surface area contributed by atoms with Gasteiger partial charge in [0.25, 0.3) is 17.4 Å². The number of rotatable bonds is 6. The Labute approximate surface area is 201 Å².